The fraction of sp³-hybridized carbons (Fsp3) is 0.750. The summed E-state index contributed by atoms with van der Waals surface area (Å²) < 4.78 is 19.9. The van der Waals surface area contributed by atoms with E-state index in [1.54, 1.807) is 13.1 Å². The van der Waals surface area contributed by atoms with Crippen molar-refractivity contribution in [3.63, 3.8) is 0 Å². The van der Waals surface area contributed by atoms with Crippen molar-refractivity contribution in [2.24, 2.45) is 0 Å². The van der Waals surface area contributed by atoms with Gasteiger partial charge in [-0.2, -0.15) is 0 Å². The third-order valence-corrected chi connectivity index (χ3v) is 5.86. The van der Waals surface area contributed by atoms with Crippen molar-refractivity contribution in [1.29, 1.82) is 0 Å². The summed E-state index contributed by atoms with van der Waals surface area (Å²) in [6, 6.07) is 0. The topological polar surface area (TPSA) is 82.6 Å². The molecule has 0 radical (unpaired) electrons. The normalized spacial score (nSPS) is 24.7. The highest BCUT2D eigenvalue weighted by Crippen LogP contribution is 2.32. The van der Waals surface area contributed by atoms with Gasteiger partial charge >= 0.3 is 5.69 Å². The lowest BCUT2D eigenvalue weighted by molar-refractivity contribution is -0.0397. The molecule has 0 aliphatic carbocycles. The predicted molar refractivity (Wildman–Crippen MR) is 102 cm³/mol. The summed E-state index contributed by atoms with van der Waals surface area (Å²) in [4.78, 5) is 26.1. The molecule has 2 rings (SSSR count). The number of nitrogens with zero attached hydrogens (tertiary/aromatic N) is 1. The van der Waals surface area contributed by atoms with Crippen molar-refractivity contribution >= 4 is 16.6 Å². The van der Waals surface area contributed by atoms with Gasteiger partial charge in [-0.1, -0.05) is 0 Å². The molecule has 25 heavy (non-hydrogen) atoms. The molecule has 1 aromatic rings. The summed E-state index contributed by atoms with van der Waals surface area (Å²) >= 11 is 0. The van der Waals surface area contributed by atoms with Crippen LogP contribution < -0.4 is 11.2 Å². The Morgan fingerprint density at radius 2 is 1.84 bits per heavy atom. The molecule has 2 heterocycles. The van der Waals surface area contributed by atoms with Crippen LogP contribution >= 0.6 is 0 Å². The van der Waals surface area contributed by atoms with E-state index in [2.05, 4.69) is 44.3 Å². The third kappa shape index (κ3) is 5.75. The molecule has 0 amide bonds. The first-order valence-electron chi connectivity index (χ1n) is 8.65. The van der Waals surface area contributed by atoms with E-state index in [-0.39, 0.29) is 17.8 Å². The highest BCUT2D eigenvalue weighted by molar-refractivity contribution is 6.70. The Morgan fingerprint density at radius 1 is 1.20 bits per heavy atom. The number of aromatic nitrogens is 2. The Hall–Kier alpha value is -1.01. The molecule has 3 atom stereocenters. The van der Waals surface area contributed by atoms with Gasteiger partial charge in [0.15, 0.2) is 16.6 Å². The Morgan fingerprint density at radius 3 is 2.40 bits per heavy atom. The van der Waals surface area contributed by atoms with Crippen molar-refractivity contribution in [3.8, 4) is 0 Å². The number of ether oxygens (including phenoxy) is 1. The predicted octanol–water partition coefficient (Wildman–Crippen LogP) is 2.20. The molecule has 0 saturated carbocycles. The molecule has 1 aliphatic rings. The molecule has 142 valence electrons. The van der Waals surface area contributed by atoms with Crippen LogP contribution in [0, 0.1) is 6.92 Å². The van der Waals surface area contributed by atoms with E-state index in [1.807, 2.05) is 0 Å². The zero-order valence-corrected chi connectivity index (χ0v) is 18.2. The third-order valence-electron chi connectivity index (χ3n) is 3.82. The van der Waals surface area contributed by atoms with Crippen LogP contribution in [0.25, 0.3) is 0 Å². The number of nitrogens with one attached hydrogen (secondary N) is 1. The van der Waals surface area contributed by atoms with E-state index >= 15 is 0 Å². The first-order chi connectivity index (χ1) is 11.4. The smallest absolute Gasteiger partial charge is 0.330 e. The van der Waals surface area contributed by atoms with Crippen LogP contribution in [0.1, 0.15) is 18.2 Å². The Bertz CT molecular complexity index is 717. The van der Waals surface area contributed by atoms with Gasteiger partial charge in [0, 0.05) is 18.2 Å². The summed E-state index contributed by atoms with van der Waals surface area (Å²) in [5.41, 5.74) is -0.348. The van der Waals surface area contributed by atoms with E-state index < -0.39 is 28.6 Å². The highest BCUT2D eigenvalue weighted by Gasteiger charge is 2.40. The number of aromatic amines is 1. The van der Waals surface area contributed by atoms with Crippen molar-refractivity contribution in [3.05, 3.63) is 32.6 Å². The molecule has 9 heteroatoms. The van der Waals surface area contributed by atoms with Gasteiger partial charge in [-0.15, -0.1) is 0 Å². The standard InChI is InChI=1S/C16H30N2O5Si2/c1-11-9-18(16(20)17-15(11)19)14-8-12(23-25(5,6)7)13(22-14)10-21-24(2,3)4/h9,12-14H,8,10H2,1-7H3,(H,17,19,20). The molecule has 3 unspecified atom stereocenters. The van der Waals surface area contributed by atoms with Gasteiger partial charge in [0.1, 0.15) is 12.3 Å². The van der Waals surface area contributed by atoms with Crippen LogP contribution in [-0.2, 0) is 13.6 Å². The minimum Gasteiger partial charge on any atom is -0.415 e. The van der Waals surface area contributed by atoms with Crippen LogP contribution in [0.3, 0.4) is 0 Å². The second-order valence-corrected chi connectivity index (χ2v) is 17.5. The average Bonchev–Trinajstić information content (AvgIpc) is 2.80. The Kier molecular flexibility index (Phi) is 5.94. The second kappa shape index (κ2) is 7.32. The van der Waals surface area contributed by atoms with E-state index in [9.17, 15) is 9.59 Å². The van der Waals surface area contributed by atoms with Gasteiger partial charge in [-0.3, -0.25) is 14.3 Å². The van der Waals surface area contributed by atoms with Crippen LogP contribution in [0.5, 0.6) is 0 Å². The van der Waals surface area contributed by atoms with E-state index in [4.69, 9.17) is 13.6 Å². The van der Waals surface area contributed by atoms with Gasteiger partial charge in [-0.05, 0) is 46.2 Å². The number of hydrogen-bond donors (Lipinski definition) is 1. The Labute approximate surface area is 150 Å². The molecule has 0 bridgehead atoms. The zero-order chi connectivity index (χ0) is 19.0. The first-order valence-corrected chi connectivity index (χ1v) is 15.5. The largest absolute Gasteiger partial charge is 0.415 e. The quantitative estimate of drug-likeness (QED) is 0.758. The molecular formula is C16H30N2O5Si2. The molecule has 1 aliphatic heterocycles. The van der Waals surface area contributed by atoms with Crippen molar-refractivity contribution in [2.75, 3.05) is 6.61 Å². The minimum atomic E-state index is -1.77. The van der Waals surface area contributed by atoms with E-state index in [0.717, 1.165) is 0 Å². The molecule has 1 N–H and O–H groups in total. The molecule has 0 spiro atoms. The van der Waals surface area contributed by atoms with Crippen molar-refractivity contribution in [1.82, 2.24) is 9.55 Å². The van der Waals surface area contributed by atoms with Crippen LogP contribution in [0.15, 0.2) is 15.8 Å². The Balaban J connectivity index is 2.23. The highest BCUT2D eigenvalue weighted by atomic mass is 28.4. The van der Waals surface area contributed by atoms with Crippen LogP contribution in [-0.4, -0.2) is 45.0 Å². The summed E-state index contributed by atoms with van der Waals surface area (Å²) in [5, 5.41) is 0. The molecule has 1 fully saturated rings. The number of rotatable bonds is 6. The number of hydrogen-bond acceptors (Lipinski definition) is 5. The van der Waals surface area contributed by atoms with Crippen molar-refractivity contribution < 1.29 is 13.6 Å². The molecule has 0 aromatic carbocycles. The van der Waals surface area contributed by atoms with Crippen LogP contribution in [0.2, 0.25) is 39.3 Å². The summed E-state index contributed by atoms with van der Waals surface area (Å²) in [5.74, 6) is 0. The van der Waals surface area contributed by atoms with E-state index in [0.29, 0.717) is 18.6 Å². The fourth-order valence-electron chi connectivity index (χ4n) is 2.73. The second-order valence-electron chi connectivity index (χ2n) is 8.54. The molecule has 1 saturated heterocycles. The summed E-state index contributed by atoms with van der Waals surface area (Å²) in [6.45, 7) is 14.9. The molecule has 1 aromatic heterocycles. The maximum Gasteiger partial charge on any atom is 0.330 e. The van der Waals surface area contributed by atoms with Crippen LogP contribution in [0.4, 0.5) is 0 Å². The maximum absolute atomic E-state index is 12.2. The summed E-state index contributed by atoms with van der Waals surface area (Å²) in [7, 11) is -3.45. The van der Waals surface area contributed by atoms with Gasteiger partial charge in [0.25, 0.3) is 5.56 Å². The van der Waals surface area contributed by atoms with Gasteiger partial charge < -0.3 is 13.6 Å². The lowest BCUT2D eigenvalue weighted by Crippen LogP contribution is -2.40. The summed E-state index contributed by atoms with van der Waals surface area (Å²) in [6.07, 6.45) is 1.32. The van der Waals surface area contributed by atoms with E-state index in [1.165, 1.54) is 4.57 Å². The lowest BCUT2D eigenvalue weighted by atomic mass is 10.2. The fourth-order valence-corrected chi connectivity index (χ4v) is 4.55. The average molecular weight is 387 g/mol. The number of H-pyrrole nitrogens is 1. The van der Waals surface area contributed by atoms with Gasteiger partial charge in [0.2, 0.25) is 0 Å². The van der Waals surface area contributed by atoms with Crippen molar-refractivity contribution in [2.45, 2.75) is 71.1 Å². The molecular weight excluding hydrogens is 356 g/mol. The maximum atomic E-state index is 12.2. The lowest BCUT2D eigenvalue weighted by Gasteiger charge is -2.28. The number of aryl methyl sites for hydroxylation is 1. The molecule has 7 nitrogen and oxygen atoms in total. The first kappa shape index (κ1) is 20.3. The van der Waals surface area contributed by atoms with Gasteiger partial charge in [0.05, 0.1) is 12.7 Å². The zero-order valence-electron chi connectivity index (χ0n) is 16.2. The SMILES string of the molecule is Cc1cn(C2CC(O[Si](C)(C)C)C(CO[Si](C)(C)C)O2)c(=O)[nH]c1=O. The monoisotopic (exact) mass is 386 g/mol. The minimum absolute atomic E-state index is 0.118. The van der Waals surface area contributed by atoms with Gasteiger partial charge in [-0.25, -0.2) is 4.79 Å².